The zero-order chi connectivity index (χ0) is 18.7. The quantitative estimate of drug-likeness (QED) is 0.638. The molecule has 4 rings (SSSR count). The van der Waals surface area contributed by atoms with Crippen LogP contribution in [0.4, 0.5) is 0 Å². The zero-order valence-corrected chi connectivity index (χ0v) is 15.4. The number of hydrogen-bond acceptors (Lipinski definition) is 6. The highest BCUT2D eigenvalue weighted by Gasteiger charge is 2.49. The fourth-order valence-electron chi connectivity index (χ4n) is 3.54. The van der Waals surface area contributed by atoms with E-state index in [0.29, 0.717) is 13.2 Å². The summed E-state index contributed by atoms with van der Waals surface area (Å²) in [4.78, 5) is 10.3. The second-order valence-corrected chi connectivity index (χ2v) is 6.66. The van der Waals surface area contributed by atoms with Gasteiger partial charge in [-0.3, -0.25) is 4.84 Å². The minimum absolute atomic E-state index is 0.0919. The largest absolute Gasteiger partial charge is 0.497 e. The van der Waals surface area contributed by atoms with E-state index in [4.69, 9.17) is 18.7 Å². The molecule has 1 aliphatic heterocycles. The Labute approximate surface area is 158 Å². The van der Waals surface area contributed by atoms with Crippen molar-refractivity contribution in [1.82, 2.24) is 14.6 Å². The van der Waals surface area contributed by atoms with Gasteiger partial charge in [0.05, 0.1) is 26.2 Å². The van der Waals surface area contributed by atoms with Gasteiger partial charge in [-0.25, -0.2) is 4.98 Å². The summed E-state index contributed by atoms with van der Waals surface area (Å²) < 4.78 is 18.9. The van der Waals surface area contributed by atoms with Gasteiger partial charge in [0.1, 0.15) is 35.5 Å². The Bertz CT molecular complexity index is 833. The van der Waals surface area contributed by atoms with Crippen molar-refractivity contribution in [3.8, 4) is 11.5 Å². The van der Waals surface area contributed by atoms with Crippen LogP contribution in [-0.4, -0.2) is 41.5 Å². The number of hydrogen-bond donors (Lipinski definition) is 0. The molecule has 1 saturated heterocycles. The maximum Gasteiger partial charge on any atom is 0.128 e. The molecule has 3 heterocycles. The second kappa shape index (κ2) is 7.46. The van der Waals surface area contributed by atoms with E-state index in [0.717, 1.165) is 23.7 Å². The van der Waals surface area contributed by atoms with E-state index in [2.05, 4.69) is 4.98 Å². The zero-order valence-electron chi connectivity index (χ0n) is 15.4. The summed E-state index contributed by atoms with van der Waals surface area (Å²) in [5.41, 5.74) is -0.419. The number of nitrogens with zero attached hydrogens (tertiary/aromatic N) is 3. The van der Waals surface area contributed by atoms with Crippen LogP contribution < -0.4 is 9.47 Å². The number of hydroxylamine groups is 2. The van der Waals surface area contributed by atoms with Crippen LogP contribution in [0.2, 0.25) is 0 Å². The Hall–Kier alpha value is -2.77. The molecule has 3 aromatic rings. The Morgan fingerprint density at radius 3 is 2.70 bits per heavy atom. The van der Waals surface area contributed by atoms with Gasteiger partial charge in [0.25, 0.3) is 0 Å². The lowest BCUT2D eigenvalue weighted by Crippen LogP contribution is -2.41. The van der Waals surface area contributed by atoms with Crippen molar-refractivity contribution >= 4 is 0 Å². The summed E-state index contributed by atoms with van der Waals surface area (Å²) in [5, 5.41) is 1.88. The van der Waals surface area contributed by atoms with Gasteiger partial charge in [-0.05, 0) is 36.4 Å². The van der Waals surface area contributed by atoms with Crippen molar-refractivity contribution in [2.24, 2.45) is 0 Å². The molecule has 0 spiro atoms. The highest BCUT2D eigenvalue weighted by Crippen LogP contribution is 2.41. The van der Waals surface area contributed by atoms with Gasteiger partial charge < -0.3 is 18.5 Å². The molecule has 0 unspecified atom stereocenters. The molecule has 1 aliphatic rings. The third-order valence-electron chi connectivity index (χ3n) is 4.95. The van der Waals surface area contributed by atoms with Crippen molar-refractivity contribution in [3.05, 3.63) is 67.1 Å². The normalized spacial score (nSPS) is 22.8. The smallest absolute Gasteiger partial charge is 0.128 e. The molecule has 1 fully saturated rings. The van der Waals surface area contributed by atoms with E-state index in [-0.39, 0.29) is 6.10 Å². The summed E-state index contributed by atoms with van der Waals surface area (Å²) in [6.45, 7) is 1.12. The first-order valence-electron chi connectivity index (χ1n) is 8.87. The molecule has 0 radical (unpaired) electrons. The summed E-state index contributed by atoms with van der Waals surface area (Å²) in [6, 6.07) is 11.4. The monoisotopic (exact) mass is 369 g/mol. The number of furan rings is 1. The van der Waals surface area contributed by atoms with Gasteiger partial charge in [-0.2, -0.15) is 5.06 Å². The Balaban J connectivity index is 1.48. The topological polar surface area (TPSA) is 61.9 Å². The number of likely N-dealkylation sites (N-methyl/N-ethyl adjacent to an activating group) is 1. The molecular weight excluding hydrogens is 346 g/mol. The third kappa shape index (κ3) is 3.56. The average Bonchev–Trinajstić information content (AvgIpc) is 3.43. The molecule has 0 bridgehead atoms. The predicted octanol–water partition coefficient (Wildman–Crippen LogP) is 3.09. The van der Waals surface area contributed by atoms with E-state index >= 15 is 0 Å². The summed E-state index contributed by atoms with van der Waals surface area (Å²) >= 11 is 0. The number of ether oxygens (including phenoxy) is 2. The van der Waals surface area contributed by atoms with Crippen molar-refractivity contribution in [2.45, 2.75) is 24.6 Å². The van der Waals surface area contributed by atoms with Crippen LogP contribution in [0.1, 0.15) is 12.2 Å². The first kappa shape index (κ1) is 17.6. The molecule has 27 heavy (non-hydrogen) atoms. The molecule has 0 N–H and O–H groups in total. The molecule has 0 saturated carbocycles. The maximum absolute atomic E-state index is 6.11. The van der Waals surface area contributed by atoms with Crippen molar-refractivity contribution < 1.29 is 18.7 Å². The van der Waals surface area contributed by atoms with Crippen molar-refractivity contribution in [3.63, 3.8) is 0 Å². The molecule has 7 nitrogen and oxygen atoms in total. The molecule has 1 aromatic carbocycles. The lowest BCUT2D eigenvalue weighted by atomic mass is 9.90. The highest BCUT2D eigenvalue weighted by atomic mass is 16.7. The third-order valence-corrected chi connectivity index (χ3v) is 4.95. The van der Waals surface area contributed by atoms with Gasteiger partial charge in [0, 0.05) is 25.9 Å². The van der Waals surface area contributed by atoms with E-state index in [1.807, 2.05) is 59.3 Å². The van der Waals surface area contributed by atoms with E-state index < -0.39 is 5.54 Å². The van der Waals surface area contributed by atoms with Gasteiger partial charge in [0.2, 0.25) is 0 Å². The first-order chi connectivity index (χ1) is 13.2. The summed E-state index contributed by atoms with van der Waals surface area (Å²) in [7, 11) is 3.58. The van der Waals surface area contributed by atoms with Crippen LogP contribution in [0, 0.1) is 0 Å². The molecular formula is C20H23N3O4. The van der Waals surface area contributed by atoms with Gasteiger partial charge in [-0.1, -0.05) is 0 Å². The molecule has 142 valence electrons. The highest BCUT2D eigenvalue weighted by molar-refractivity contribution is 5.31. The van der Waals surface area contributed by atoms with Crippen molar-refractivity contribution in [2.75, 3.05) is 20.8 Å². The fraction of sp³-hybridized carbons (Fsp3) is 0.350. The van der Waals surface area contributed by atoms with E-state index in [9.17, 15) is 0 Å². The molecule has 2 aromatic heterocycles. The number of aromatic nitrogens is 2. The standard InChI is InChI=1S/C20H23N3O4/c1-22-20(19-4-3-11-25-19,14-23-10-9-21-15-23)12-18(27-22)13-26-17-7-5-16(24-2)6-8-17/h3-11,15,18H,12-14H2,1-2H3/t18-,20-/m1/s1. The van der Waals surface area contributed by atoms with Crippen LogP contribution in [0.5, 0.6) is 11.5 Å². The van der Waals surface area contributed by atoms with Crippen molar-refractivity contribution in [1.29, 1.82) is 0 Å². The van der Waals surface area contributed by atoms with Crippen LogP contribution in [0.25, 0.3) is 0 Å². The van der Waals surface area contributed by atoms with Gasteiger partial charge in [0.15, 0.2) is 0 Å². The van der Waals surface area contributed by atoms with Gasteiger partial charge in [-0.15, -0.1) is 0 Å². The minimum atomic E-state index is -0.419. The number of methoxy groups -OCH3 is 1. The number of benzene rings is 1. The lowest BCUT2D eigenvalue weighted by Gasteiger charge is -2.32. The number of rotatable bonds is 7. The van der Waals surface area contributed by atoms with Crippen LogP contribution in [0.3, 0.4) is 0 Å². The predicted molar refractivity (Wildman–Crippen MR) is 98.4 cm³/mol. The molecule has 2 atom stereocenters. The SMILES string of the molecule is COc1ccc(OC[C@H]2C[C@@](Cn3ccnc3)(c3ccco3)N(C)O2)cc1. The van der Waals surface area contributed by atoms with E-state index in [1.165, 1.54) is 0 Å². The summed E-state index contributed by atoms with van der Waals surface area (Å²) in [6.07, 6.45) is 7.87. The molecule has 0 amide bonds. The van der Waals surface area contributed by atoms with Crippen LogP contribution in [-0.2, 0) is 16.9 Å². The lowest BCUT2D eigenvalue weighted by molar-refractivity contribution is -0.183. The summed E-state index contributed by atoms with van der Waals surface area (Å²) in [5.74, 6) is 2.45. The van der Waals surface area contributed by atoms with Crippen LogP contribution in [0.15, 0.2) is 65.8 Å². The second-order valence-electron chi connectivity index (χ2n) is 6.66. The Morgan fingerprint density at radius 2 is 2.04 bits per heavy atom. The average molecular weight is 369 g/mol. The Kier molecular flexibility index (Phi) is 4.87. The molecule has 7 heteroatoms. The molecule has 0 aliphatic carbocycles. The Morgan fingerprint density at radius 1 is 1.22 bits per heavy atom. The fourth-order valence-corrected chi connectivity index (χ4v) is 3.54. The maximum atomic E-state index is 6.11. The van der Waals surface area contributed by atoms with Gasteiger partial charge >= 0.3 is 0 Å². The van der Waals surface area contributed by atoms with E-state index in [1.54, 1.807) is 25.9 Å². The minimum Gasteiger partial charge on any atom is -0.497 e. The van der Waals surface area contributed by atoms with Crippen LogP contribution >= 0.6 is 0 Å². The number of imidazole rings is 1. The first-order valence-corrected chi connectivity index (χ1v) is 8.87.